The first-order valence-corrected chi connectivity index (χ1v) is 8.42. The number of nitrogens with one attached hydrogen (secondary N) is 1. The van der Waals surface area contributed by atoms with Crippen molar-refractivity contribution in [3.63, 3.8) is 0 Å². The molecular formula is C20H22N2O4. The van der Waals surface area contributed by atoms with Crippen LogP contribution in [0, 0.1) is 6.92 Å². The zero-order chi connectivity index (χ0) is 18.7. The van der Waals surface area contributed by atoms with Gasteiger partial charge in [0.1, 0.15) is 0 Å². The van der Waals surface area contributed by atoms with Gasteiger partial charge in [-0.1, -0.05) is 18.2 Å². The highest BCUT2D eigenvalue weighted by Crippen LogP contribution is 2.33. The summed E-state index contributed by atoms with van der Waals surface area (Å²) < 4.78 is 10.5. The van der Waals surface area contributed by atoms with E-state index >= 15 is 0 Å². The van der Waals surface area contributed by atoms with Crippen molar-refractivity contribution in [2.45, 2.75) is 19.4 Å². The minimum absolute atomic E-state index is 0.0349. The maximum atomic E-state index is 12.5. The van der Waals surface area contributed by atoms with Crippen molar-refractivity contribution in [1.82, 2.24) is 5.32 Å². The summed E-state index contributed by atoms with van der Waals surface area (Å²) in [7, 11) is 3.12. The van der Waals surface area contributed by atoms with Crippen molar-refractivity contribution in [2.75, 3.05) is 25.7 Å². The second kappa shape index (κ2) is 7.47. The molecule has 1 N–H and O–H groups in total. The number of aryl methyl sites for hydroxylation is 1. The van der Waals surface area contributed by atoms with E-state index in [4.69, 9.17) is 9.47 Å². The minimum atomic E-state index is -0.234. The molecule has 0 saturated carbocycles. The first kappa shape index (κ1) is 17.8. The van der Waals surface area contributed by atoms with Crippen molar-refractivity contribution in [2.24, 2.45) is 0 Å². The van der Waals surface area contributed by atoms with Gasteiger partial charge in [0, 0.05) is 30.3 Å². The third-order valence-electron chi connectivity index (χ3n) is 4.53. The summed E-state index contributed by atoms with van der Waals surface area (Å²) in [4.78, 5) is 26.6. The van der Waals surface area contributed by atoms with Crippen molar-refractivity contribution in [1.29, 1.82) is 0 Å². The summed E-state index contributed by atoms with van der Waals surface area (Å²) >= 11 is 0. The lowest BCUT2D eigenvalue weighted by Crippen LogP contribution is -2.37. The summed E-state index contributed by atoms with van der Waals surface area (Å²) in [5, 5.41) is 2.96. The number of methoxy groups -OCH3 is 2. The number of ether oxygens (including phenoxy) is 2. The van der Waals surface area contributed by atoms with Gasteiger partial charge in [-0.05, 0) is 30.7 Å². The lowest BCUT2D eigenvalue weighted by molar-refractivity contribution is -0.117. The fourth-order valence-electron chi connectivity index (χ4n) is 3.14. The average Bonchev–Trinajstić information content (AvgIpc) is 3.01. The Balaban J connectivity index is 1.73. The van der Waals surface area contributed by atoms with Gasteiger partial charge in [-0.25, -0.2) is 0 Å². The van der Waals surface area contributed by atoms with Crippen LogP contribution in [0.3, 0.4) is 0 Å². The summed E-state index contributed by atoms with van der Waals surface area (Å²) in [5.41, 5.74) is 2.26. The van der Waals surface area contributed by atoms with Crippen LogP contribution in [0.15, 0.2) is 42.5 Å². The molecule has 2 amide bonds. The van der Waals surface area contributed by atoms with Crippen molar-refractivity contribution in [3.8, 4) is 11.5 Å². The number of hydrogen-bond donors (Lipinski definition) is 1. The number of carbonyl (C=O) groups excluding carboxylic acids is 2. The highest BCUT2D eigenvalue weighted by atomic mass is 16.5. The first-order valence-electron chi connectivity index (χ1n) is 8.42. The van der Waals surface area contributed by atoms with Gasteiger partial charge in [0.05, 0.1) is 20.3 Å². The van der Waals surface area contributed by atoms with E-state index in [1.54, 1.807) is 37.3 Å². The number of rotatable bonds is 5. The van der Waals surface area contributed by atoms with Gasteiger partial charge in [-0.3, -0.25) is 9.59 Å². The molecule has 2 aromatic rings. The predicted octanol–water partition coefficient (Wildman–Crippen LogP) is 2.55. The fourth-order valence-corrected chi connectivity index (χ4v) is 3.14. The van der Waals surface area contributed by atoms with E-state index in [9.17, 15) is 9.59 Å². The maximum absolute atomic E-state index is 12.5. The highest BCUT2D eigenvalue weighted by molar-refractivity contribution is 5.99. The van der Waals surface area contributed by atoms with E-state index in [0.717, 1.165) is 11.3 Å². The zero-order valence-corrected chi connectivity index (χ0v) is 15.1. The number of amides is 2. The van der Waals surface area contributed by atoms with E-state index in [1.807, 2.05) is 31.2 Å². The number of nitrogens with zero attached hydrogens (tertiary/aromatic N) is 1. The molecule has 6 heteroatoms. The summed E-state index contributed by atoms with van der Waals surface area (Å²) in [6.45, 7) is 2.32. The average molecular weight is 354 g/mol. The molecule has 1 atom stereocenters. The van der Waals surface area contributed by atoms with Crippen LogP contribution in [0.5, 0.6) is 11.5 Å². The molecule has 0 aromatic heterocycles. The molecule has 3 rings (SSSR count). The second-order valence-electron chi connectivity index (χ2n) is 6.23. The number of anilines is 1. The summed E-state index contributed by atoms with van der Waals surface area (Å²) in [6, 6.07) is 12.5. The lowest BCUT2D eigenvalue weighted by Gasteiger charge is -2.19. The van der Waals surface area contributed by atoms with Gasteiger partial charge in [-0.2, -0.15) is 0 Å². The van der Waals surface area contributed by atoms with Crippen LogP contribution in [-0.2, 0) is 4.79 Å². The summed E-state index contributed by atoms with van der Waals surface area (Å²) in [5.74, 6) is 0.972. The van der Waals surface area contributed by atoms with Crippen LogP contribution < -0.4 is 19.7 Å². The van der Waals surface area contributed by atoms with E-state index in [0.29, 0.717) is 23.6 Å². The van der Waals surface area contributed by atoms with Gasteiger partial charge in [0.15, 0.2) is 11.5 Å². The minimum Gasteiger partial charge on any atom is -0.493 e. The molecular weight excluding hydrogens is 332 g/mol. The molecule has 1 saturated heterocycles. The molecule has 0 unspecified atom stereocenters. The van der Waals surface area contributed by atoms with Gasteiger partial charge in [0.25, 0.3) is 5.91 Å². The van der Waals surface area contributed by atoms with E-state index in [1.165, 1.54) is 0 Å². The molecule has 1 aliphatic rings. The molecule has 26 heavy (non-hydrogen) atoms. The molecule has 1 aliphatic heterocycles. The standard InChI is InChI=1S/C20H22N2O4/c1-13-6-4-5-7-16(13)20(24)21-14-10-19(23)22(12-14)15-8-9-17(25-2)18(11-15)26-3/h4-9,11,14H,10,12H2,1-3H3,(H,21,24)/t14-/m0/s1. The van der Waals surface area contributed by atoms with Crippen LogP contribution in [0.2, 0.25) is 0 Å². The highest BCUT2D eigenvalue weighted by Gasteiger charge is 2.32. The Morgan fingerprint density at radius 1 is 1.12 bits per heavy atom. The van der Waals surface area contributed by atoms with Gasteiger partial charge in [0.2, 0.25) is 5.91 Å². The Morgan fingerprint density at radius 2 is 1.85 bits per heavy atom. The van der Waals surface area contributed by atoms with E-state index < -0.39 is 0 Å². The largest absolute Gasteiger partial charge is 0.493 e. The quantitative estimate of drug-likeness (QED) is 0.896. The van der Waals surface area contributed by atoms with Crippen LogP contribution >= 0.6 is 0 Å². The molecule has 0 aliphatic carbocycles. The molecule has 2 aromatic carbocycles. The molecule has 0 spiro atoms. The molecule has 1 heterocycles. The van der Waals surface area contributed by atoms with Crippen LogP contribution in [-0.4, -0.2) is 38.6 Å². The first-order chi connectivity index (χ1) is 12.5. The second-order valence-corrected chi connectivity index (χ2v) is 6.23. The Labute approximate surface area is 152 Å². The summed E-state index contributed by atoms with van der Waals surface area (Å²) in [6.07, 6.45) is 0.270. The Morgan fingerprint density at radius 3 is 2.54 bits per heavy atom. The van der Waals surface area contributed by atoms with Crippen LogP contribution in [0.1, 0.15) is 22.3 Å². The molecule has 1 fully saturated rings. The molecule has 136 valence electrons. The third-order valence-corrected chi connectivity index (χ3v) is 4.53. The van der Waals surface area contributed by atoms with Gasteiger partial charge >= 0.3 is 0 Å². The third kappa shape index (κ3) is 3.49. The molecule has 0 bridgehead atoms. The van der Waals surface area contributed by atoms with Gasteiger partial charge in [-0.15, -0.1) is 0 Å². The Bertz CT molecular complexity index is 834. The predicted molar refractivity (Wildman–Crippen MR) is 98.9 cm³/mol. The maximum Gasteiger partial charge on any atom is 0.251 e. The smallest absolute Gasteiger partial charge is 0.251 e. The topological polar surface area (TPSA) is 67.9 Å². The van der Waals surface area contributed by atoms with Crippen molar-refractivity contribution < 1.29 is 19.1 Å². The molecule has 0 radical (unpaired) electrons. The van der Waals surface area contributed by atoms with Crippen LogP contribution in [0.4, 0.5) is 5.69 Å². The number of hydrogen-bond acceptors (Lipinski definition) is 4. The monoisotopic (exact) mass is 354 g/mol. The number of benzene rings is 2. The van der Waals surface area contributed by atoms with Crippen molar-refractivity contribution in [3.05, 3.63) is 53.6 Å². The van der Waals surface area contributed by atoms with E-state index in [-0.39, 0.29) is 24.3 Å². The lowest BCUT2D eigenvalue weighted by atomic mass is 10.1. The van der Waals surface area contributed by atoms with Crippen molar-refractivity contribution >= 4 is 17.5 Å². The van der Waals surface area contributed by atoms with Gasteiger partial charge < -0.3 is 19.7 Å². The fraction of sp³-hybridized carbons (Fsp3) is 0.300. The Hall–Kier alpha value is -3.02. The molecule has 6 nitrogen and oxygen atoms in total. The Kier molecular flexibility index (Phi) is 5.11. The normalized spacial score (nSPS) is 16.5. The van der Waals surface area contributed by atoms with E-state index in [2.05, 4.69) is 5.32 Å². The SMILES string of the molecule is COc1ccc(N2C[C@@H](NC(=O)c3ccccc3C)CC2=O)cc1OC. The number of carbonyl (C=O) groups is 2. The van der Waals surface area contributed by atoms with Crippen LogP contribution in [0.25, 0.3) is 0 Å². The zero-order valence-electron chi connectivity index (χ0n) is 15.1.